The van der Waals surface area contributed by atoms with E-state index < -0.39 is 31.0 Å². The van der Waals surface area contributed by atoms with E-state index in [0.717, 1.165) is 0 Å². The van der Waals surface area contributed by atoms with Crippen LogP contribution in [0.1, 0.15) is 1.37 Å². The van der Waals surface area contributed by atoms with Gasteiger partial charge in [-0.05, 0) is 0 Å². The van der Waals surface area contributed by atoms with Crippen LogP contribution in [0.25, 0.3) is 0 Å². The fourth-order valence-corrected chi connectivity index (χ4v) is 0.565. The maximum absolute atomic E-state index is 9.99. The van der Waals surface area contributed by atoms with Crippen molar-refractivity contribution < 1.29 is 31.7 Å². The first-order valence-corrected chi connectivity index (χ1v) is 3.17. The van der Waals surface area contributed by atoms with E-state index in [2.05, 4.69) is 5.11 Å². The van der Waals surface area contributed by atoms with Crippen molar-refractivity contribution in [2.45, 2.75) is 24.4 Å². The molecule has 0 fully saturated rings. The van der Waals surface area contributed by atoms with E-state index in [-0.39, 0.29) is 6.29 Å². The molecule has 0 saturated heterocycles. The Bertz CT molecular complexity index is 180. The molecule has 5 N–H and O–H groups in total. The molecule has 0 heterocycles. The first kappa shape index (κ1) is 8.09. The Morgan fingerprint density at radius 3 is 2.33 bits per heavy atom. The van der Waals surface area contributed by atoms with Crippen LogP contribution in [0.4, 0.5) is 0 Å². The van der Waals surface area contributed by atoms with Crippen LogP contribution in [0, 0.1) is 0 Å². The van der Waals surface area contributed by atoms with Crippen LogP contribution in [0.15, 0.2) is 0 Å². The highest BCUT2D eigenvalue weighted by Crippen LogP contribution is 2.02. The van der Waals surface area contributed by atoms with Gasteiger partial charge in [0, 0.05) is 0 Å². The zero-order valence-electron chi connectivity index (χ0n) is 8.07. The van der Waals surface area contributed by atoms with Crippen LogP contribution in [-0.4, -0.2) is 64.3 Å². The van der Waals surface area contributed by atoms with Crippen molar-refractivity contribution >= 4 is 6.29 Å². The lowest BCUT2D eigenvalue weighted by Crippen LogP contribution is -2.46. The predicted molar refractivity (Wildman–Crippen MR) is 37.2 cm³/mol. The molecular weight excluding hydrogens is 168 g/mol. The average molecular weight is 182 g/mol. The third-order valence-corrected chi connectivity index (χ3v) is 1.33. The average Bonchev–Trinajstić information content (AvgIpc) is 2.23. The molecule has 0 aliphatic carbocycles. The monoisotopic (exact) mass is 182 g/mol. The summed E-state index contributed by atoms with van der Waals surface area (Å²) in [6.45, 7) is -1.79. The molecule has 12 heavy (non-hydrogen) atoms. The topological polar surface area (TPSA) is 118 Å². The molecule has 0 aliphatic rings. The lowest BCUT2D eigenvalue weighted by Gasteiger charge is -2.22. The molecule has 0 saturated carbocycles. The lowest BCUT2D eigenvalue weighted by atomic mass is 10.0. The second kappa shape index (κ2) is 5.18. The van der Waals surface area contributed by atoms with Gasteiger partial charge in [-0.3, -0.25) is 0 Å². The van der Waals surface area contributed by atoms with Gasteiger partial charge in [0.15, 0.2) is 6.29 Å². The van der Waals surface area contributed by atoms with Crippen molar-refractivity contribution in [3.63, 3.8) is 0 Å². The summed E-state index contributed by atoms with van der Waals surface area (Å²) in [7, 11) is 0. The number of aliphatic hydroxyl groups excluding tert-OH is 5. The highest BCUT2D eigenvalue weighted by Gasteiger charge is 2.29. The Morgan fingerprint density at radius 2 is 1.92 bits per heavy atom. The van der Waals surface area contributed by atoms with Gasteiger partial charge in [0.2, 0.25) is 1.43 Å². The molecule has 0 radical (unpaired) electrons. The number of rotatable bonds is 6. The molecule has 0 bridgehead atoms. The number of hydrogen-bond acceptors (Lipinski definition) is 6. The number of hydrogen-bond donors (Lipinski definition) is 5. The molecule has 0 aromatic rings. The fraction of sp³-hybridized carbons (Fsp3) is 0.833. The third kappa shape index (κ3) is 2.84. The Morgan fingerprint density at radius 1 is 1.33 bits per heavy atom. The molecule has 0 aromatic heterocycles. The van der Waals surface area contributed by atoms with Crippen LogP contribution in [0.5, 0.6) is 0 Å². The smallest absolute Gasteiger partial charge is 0.210 e. The highest BCUT2D eigenvalue weighted by molar-refractivity contribution is 5.56. The molecule has 5 atom stereocenters. The summed E-state index contributed by atoms with van der Waals surface area (Å²) in [5, 5.41) is 39.5. The summed E-state index contributed by atoms with van der Waals surface area (Å²) in [6, 6.07) is 0. The van der Waals surface area contributed by atoms with E-state index >= 15 is 0 Å². The maximum Gasteiger partial charge on any atom is 0.210 e. The Hall–Kier alpha value is -0.530. The van der Waals surface area contributed by atoms with Crippen molar-refractivity contribution in [1.82, 2.24) is 0 Å². The quantitative estimate of drug-likeness (QED) is 0.273. The normalized spacial score (nSPS) is 26.0. The third-order valence-electron chi connectivity index (χ3n) is 1.33. The largest absolute Gasteiger partial charge is 0.394 e. The van der Waals surface area contributed by atoms with Gasteiger partial charge in [-0.15, -0.1) is 0 Å². The Labute approximate surface area is 71.6 Å². The van der Waals surface area contributed by atoms with Crippen LogP contribution in [-0.2, 0) is 4.79 Å². The molecular formula is C6H12O6. The van der Waals surface area contributed by atoms with Gasteiger partial charge in [-0.25, -0.2) is 0 Å². The molecule has 0 amide bonds. The van der Waals surface area contributed by atoms with Crippen molar-refractivity contribution in [3.8, 4) is 0 Å². The second-order valence-electron chi connectivity index (χ2n) is 2.23. The van der Waals surface area contributed by atoms with Crippen LogP contribution >= 0.6 is 0 Å². The standard InChI is InChI=1S/C6H12O6/c7-1-3(9)5(11)6(12)4(10)2-8/h1,3-6,8-12H,2H2/t3-,4+,5+,6+/m0/s1/i2D,8D/t2?,3-,4+,5+,6+. The van der Waals surface area contributed by atoms with E-state index in [1.165, 1.54) is 0 Å². The molecule has 72 valence electrons. The van der Waals surface area contributed by atoms with Gasteiger partial charge in [0.1, 0.15) is 24.4 Å². The van der Waals surface area contributed by atoms with Gasteiger partial charge < -0.3 is 30.3 Å². The summed E-state index contributed by atoms with van der Waals surface area (Å²) in [5.74, 6) is 0. The number of aliphatic hydroxyl groups is 5. The SMILES string of the molecule is [2H]OC([2H])[C@@H](O)[C@@H](O)[C@H](O)[C@@H](O)C=O. The molecule has 1 unspecified atom stereocenters. The Balaban J connectivity index is 4.29. The summed E-state index contributed by atoms with van der Waals surface area (Å²) >= 11 is 0. The predicted octanol–water partition coefficient (Wildman–Crippen LogP) is -3.38. The van der Waals surface area contributed by atoms with Crippen molar-refractivity contribution in [2.75, 3.05) is 6.58 Å². The van der Waals surface area contributed by atoms with E-state index in [1.54, 1.807) is 0 Å². The fourth-order valence-electron chi connectivity index (χ4n) is 0.565. The summed E-state index contributed by atoms with van der Waals surface area (Å²) < 4.78 is 13.1. The minimum Gasteiger partial charge on any atom is -0.394 e. The number of aldehydes is 1. The second-order valence-corrected chi connectivity index (χ2v) is 2.23. The van der Waals surface area contributed by atoms with Crippen LogP contribution in [0.2, 0.25) is 0 Å². The number of carbonyl (C=O) groups excluding carboxylic acids is 1. The van der Waals surface area contributed by atoms with Gasteiger partial charge in [0.25, 0.3) is 0 Å². The summed E-state index contributed by atoms with van der Waals surface area (Å²) in [4.78, 5) is 9.99. The zero-order chi connectivity index (χ0) is 11.3. The van der Waals surface area contributed by atoms with Gasteiger partial charge in [0.05, 0.1) is 7.95 Å². The first-order chi connectivity index (χ1) is 6.45. The van der Waals surface area contributed by atoms with Crippen molar-refractivity contribution in [2.24, 2.45) is 0 Å². The highest BCUT2D eigenvalue weighted by atomic mass is 16.4. The molecule has 0 rings (SSSR count). The minimum absolute atomic E-state index is 0.0267. The van der Waals surface area contributed by atoms with Gasteiger partial charge >= 0.3 is 0 Å². The van der Waals surface area contributed by atoms with E-state index in [4.69, 9.17) is 23.2 Å². The summed E-state index contributed by atoms with van der Waals surface area (Å²) in [6.07, 6.45) is -7.65. The molecule has 6 heteroatoms. The van der Waals surface area contributed by atoms with Crippen molar-refractivity contribution in [3.05, 3.63) is 0 Å². The van der Waals surface area contributed by atoms with Gasteiger partial charge in [-0.1, -0.05) is 0 Å². The summed E-state index contributed by atoms with van der Waals surface area (Å²) in [5.41, 5.74) is 0. The number of carbonyl (C=O) groups is 1. The lowest BCUT2D eigenvalue weighted by molar-refractivity contribution is -0.136. The molecule has 0 aromatic carbocycles. The van der Waals surface area contributed by atoms with Crippen LogP contribution in [0.3, 0.4) is 0 Å². The van der Waals surface area contributed by atoms with E-state index in [1.807, 2.05) is 0 Å². The zero-order valence-corrected chi connectivity index (χ0v) is 6.07. The van der Waals surface area contributed by atoms with Gasteiger partial charge in [-0.2, -0.15) is 0 Å². The van der Waals surface area contributed by atoms with E-state index in [0.29, 0.717) is 0 Å². The molecule has 0 aliphatic heterocycles. The Kier molecular flexibility index (Phi) is 3.49. The van der Waals surface area contributed by atoms with E-state index in [9.17, 15) is 4.79 Å². The molecule has 0 spiro atoms. The van der Waals surface area contributed by atoms with Crippen LogP contribution < -0.4 is 0 Å². The first-order valence-electron chi connectivity index (χ1n) is 4.16. The maximum atomic E-state index is 9.99. The van der Waals surface area contributed by atoms with Crippen molar-refractivity contribution in [1.29, 1.82) is 1.43 Å². The molecule has 6 nitrogen and oxygen atoms in total. The minimum atomic E-state index is -1.94.